The molecular formula is C13H13BrFNO. The molecule has 2 aromatic rings. The van der Waals surface area contributed by atoms with Gasteiger partial charge in [0, 0.05) is 4.47 Å². The summed E-state index contributed by atoms with van der Waals surface area (Å²) in [6, 6.07) is 8.53. The fourth-order valence-electron chi connectivity index (χ4n) is 1.66. The highest BCUT2D eigenvalue weighted by Crippen LogP contribution is 2.26. The molecule has 0 aliphatic heterocycles. The van der Waals surface area contributed by atoms with Crippen molar-refractivity contribution < 1.29 is 8.81 Å². The maximum absolute atomic E-state index is 13.6. The lowest BCUT2D eigenvalue weighted by Gasteiger charge is -2.16. The molecule has 1 N–H and O–H groups in total. The Labute approximate surface area is 108 Å². The van der Waals surface area contributed by atoms with Gasteiger partial charge in [0.05, 0.1) is 18.0 Å². The van der Waals surface area contributed by atoms with Crippen LogP contribution in [0.2, 0.25) is 0 Å². The summed E-state index contributed by atoms with van der Waals surface area (Å²) in [4.78, 5) is 0. The van der Waals surface area contributed by atoms with Gasteiger partial charge in [-0.3, -0.25) is 0 Å². The molecule has 1 unspecified atom stereocenters. The number of hydrogen-bond acceptors (Lipinski definition) is 2. The van der Waals surface area contributed by atoms with Crippen LogP contribution >= 0.6 is 15.9 Å². The number of hydrogen-bond donors (Lipinski definition) is 1. The molecule has 0 radical (unpaired) electrons. The normalized spacial score (nSPS) is 12.4. The van der Waals surface area contributed by atoms with Crippen LogP contribution in [0.3, 0.4) is 0 Å². The van der Waals surface area contributed by atoms with Gasteiger partial charge in [0.15, 0.2) is 0 Å². The van der Waals surface area contributed by atoms with Crippen molar-refractivity contribution in [3.8, 4) is 0 Å². The molecule has 1 atom stereocenters. The summed E-state index contributed by atoms with van der Waals surface area (Å²) < 4.78 is 19.8. The zero-order valence-corrected chi connectivity index (χ0v) is 11.0. The lowest BCUT2D eigenvalue weighted by Crippen LogP contribution is -2.09. The van der Waals surface area contributed by atoms with Crippen LogP contribution in [-0.4, -0.2) is 0 Å². The summed E-state index contributed by atoms with van der Waals surface area (Å²) in [5.41, 5.74) is 0.475. The van der Waals surface area contributed by atoms with Crippen LogP contribution in [0, 0.1) is 5.82 Å². The Hall–Kier alpha value is -1.29. The largest absolute Gasteiger partial charge is 0.467 e. The van der Waals surface area contributed by atoms with Gasteiger partial charge in [-0.25, -0.2) is 4.39 Å². The summed E-state index contributed by atoms with van der Waals surface area (Å²) in [5, 5.41) is 3.14. The van der Waals surface area contributed by atoms with Gasteiger partial charge in [0.25, 0.3) is 0 Å². The average molecular weight is 298 g/mol. The topological polar surface area (TPSA) is 25.2 Å². The van der Waals surface area contributed by atoms with Crippen molar-refractivity contribution in [2.24, 2.45) is 0 Å². The minimum atomic E-state index is -0.266. The van der Waals surface area contributed by atoms with Crippen molar-refractivity contribution in [3.63, 3.8) is 0 Å². The van der Waals surface area contributed by atoms with Crippen molar-refractivity contribution >= 4 is 21.6 Å². The molecule has 0 bridgehead atoms. The zero-order chi connectivity index (χ0) is 12.3. The van der Waals surface area contributed by atoms with Crippen LogP contribution in [0.4, 0.5) is 10.1 Å². The van der Waals surface area contributed by atoms with E-state index in [1.807, 2.05) is 19.1 Å². The first kappa shape index (κ1) is 12.2. The molecule has 1 heterocycles. The second kappa shape index (κ2) is 5.36. The predicted octanol–water partition coefficient (Wildman–Crippen LogP) is 4.74. The number of anilines is 1. The molecule has 90 valence electrons. The fraction of sp³-hybridized carbons (Fsp3) is 0.231. The first-order valence-corrected chi connectivity index (χ1v) is 6.25. The summed E-state index contributed by atoms with van der Waals surface area (Å²) >= 11 is 3.33. The van der Waals surface area contributed by atoms with Gasteiger partial charge in [-0.2, -0.15) is 0 Å². The molecule has 4 heteroatoms. The Kier molecular flexibility index (Phi) is 3.84. The molecule has 2 nitrogen and oxygen atoms in total. The van der Waals surface area contributed by atoms with Crippen molar-refractivity contribution in [1.29, 1.82) is 0 Å². The number of rotatable bonds is 4. The number of halogens is 2. The summed E-state index contributed by atoms with van der Waals surface area (Å²) in [6.45, 7) is 2.02. The highest BCUT2D eigenvalue weighted by molar-refractivity contribution is 9.10. The first-order chi connectivity index (χ1) is 8.20. The SMILES string of the molecule is CCC(Nc1cc(Br)ccc1F)c1ccco1. The summed E-state index contributed by atoms with van der Waals surface area (Å²) in [5.74, 6) is 0.546. The number of furan rings is 1. The standard InChI is InChI=1S/C13H13BrFNO/c1-2-11(13-4-3-7-17-13)16-12-8-9(14)5-6-10(12)15/h3-8,11,16H,2H2,1H3. The van der Waals surface area contributed by atoms with Crippen molar-refractivity contribution in [2.75, 3.05) is 5.32 Å². The second-order valence-electron chi connectivity index (χ2n) is 3.74. The van der Waals surface area contributed by atoms with Crippen LogP contribution in [0.1, 0.15) is 25.1 Å². The van der Waals surface area contributed by atoms with E-state index in [0.29, 0.717) is 5.69 Å². The predicted molar refractivity (Wildman–Crippen MR) is 69.5 cm³/mol. The van der Waals surface area contributed by atoms with Gasteiger partial charge in [-0.1, -0.05) is 22.9 Å². The molecule has 17 heavy (non-hydrogen) atoms. The first-order valence-electron chi connectivity index (χ1n) is 5.45. The molecule has 1 aromatic heterocycles. The molecule has 0 spiro atoms. The van der Waals surface area contributed by atoms with E-state index < -0.39 is 0 Å². The van der Waals surface area contributed by atoms with Crippen LogP contribution in [0.15, 0.2) is 45.5 Å². The van der Waals surface area contributed by atoms with E-state index >= 15 is 0 Å². The minimum Gasteiger partial charge on any atom is -0.467 e. The third kappa shape index (κ3) is 2.88. The average Bonchev–Trinajstić information content (AvgIpc) is 2.84. The van der Waals surface area contributed by atoms with Gasteiger partial charge >= 0.3 is 0 Å². The molecule has 2 rings (SSSR count). The second-order valence-corrected chi connectivity index (χ2v) is 4.66. The molecule has 0 fully saturated rings. The Bertz CT molecular complexity index is 484. The van der Waals surface area contributed by atoms with E-state index in [-0.39, 0.29) is 11.9 Å². The maximum atomic E-state index is 13.6. The Morgan fingerprint density at radius 3 is 2.88 bits per heavy atom. The number of nitrogens with one attached hydrogen (secondary N) is 1. The van der Waals surface area contributed by atoms with E-state index in [9.17, 15) is 4.39 Å². The molecule has 0 amide bonds. The highest BCUT2D eigenvalue weighted by Gasteiger charge is 2.13. The third-order valence-corrected chi connectivity index (χ3v) is 3.05. The third-order valence-electron chi connectivity index (χ3n) is 2.55. The van der Waals surface area contributed by atoms with E-state index in [1.165, 1.54) is 6.07 Å². The van der Waals surface area contributed by atoms with Crippen LogP contribution in [-0.2, 0) is 0 Å². The molecule has 1 aromatic carbocycles. The fourth-order valence-corrected chi connectivity index (χ4v) is 2.02. The van der Waals surface area contributed by atoms with Crippen molar-refractivity contribution in [1.82, 2.24) is 0 Å². The summed E-state index contributed by atoms with van der Waals surface area (Å²) in [6.07, 6.45) is 2.44. The van der Waals surface area contributed by atoms with Crippen LogP contribution in [0.5, 0.6) is 0 Å². The quantitative estimate of drug-likeness (QED) is 0.881. The van der Waals surface area contributed by atoms with Gasteiger partial charge in [-0.15, -0.1) is 0 Å². The van der Waals surface area contributed by atoms with Gasteiger partial charge in [0.1, 0.15) is 11.6 Å². The van der Waals surface area contributed by atoms with Gasteiger partial charge in [-0.05, 0) is 36.8 Å². The summed E-state index contributed by atoms with van der Waals surface area (Å²) in [7, 11) is 0. The zero-order valence-electron chi connectivity index (χ0n) is 9.41. The Balaban J connectivity index is 2.21. The molecule has 0 saturated heterocycles. The van der Waals surface area contributed by atoms with Crippen LogP contribution in [0.25, 0.3) is 0 Å². The molecular weight excluding hydrogens is 285 g/mol. The van der Waals surface area contributed by atoms with E-state index in [0.717, 1.165) is 16.7 Å². The highest BCUT2D eigenvalue weighted by atomic mass is 79.9. The van der Waals surface area contributed by atoms with Gasteiger partial charge < -0.3 is 9.73 Å². The minimum absolute atomic E-state index is 0.0196. The lowest BCUT2D eigenvalue weighted by atomic mass is 10.1. The Morgan fingerprint density at radius 1 is 1.41 bits per heavy atom. The molecule has 0 aliphatic carbocycles. The van der Waals surface area contributed by atoms with E-state index in [2.05, 4.69) is 21.2 Å². The Morgan fingerprint density at radius 2 is 2.24 bits per heavy atom. The maximum Gasteiger partial charge on any atom is 0.146 e. The van der Waals surface area contributed by atoms with Crippen LogP contribution < -0.4 is 5.32 Å². The van der Waals surface area contributed by atoms with Gasteiger partial charge in [0.2, 0.25) is 0 Å². The van der Waals surface area contributed by atoms with Crippen molar-refractivity contribution in [2.45, 2.75) is 19.4 Å². The number of benzene rings is 1. The van der Waals surface area contributed by atoms with E-state index in [1.54, 1.807) is 18.4 Å². The van der Waals surface area contributed by atoms with Crippen molar-refractivity contribution in [3.05, 3.63) is 52.6 Å². The van der Waals surface area contributed by atoms with E-state index in [4.69, 9.17) is 4.42 Å². The monoisotopic (exact) mass is 297 g/mol. The lowest BCUT2D eigenvalue weighted by molar-refractivity contribution is 0.472. The smallest absolute Gasteiger partial charge is 0.146 e. The molecule has 0 aliphatic rings. The molecule has 0 saturated carbocycles.